The molecule has 0 aromatic heterocycles. The molecule has 0 bridgehead atoms. The fourth-order valence-corrected chi connectivity index (χ4v) is 2.63. The first-order chi connectivity index (χ1) is 9.49. The minimum atomic E-state index is -0.372. The SMILES string of the molecule is CC(C)C1C(=O)NCCN1C(=O)Cc1ccc(Cl)cc1. The van der Waals surface area contributed by atoms with Crippen molar-refractivity contribution in [2.75, 3.05) is 13.1 Å². The van der Waals surface area contributed by atoms with Gasteiger partial charge in [0.25, 0.3) is 0 Å². The van der Waals surface area contributed by atoms with Crippen molar-refractivity contribution in [1.82, 2.24) is 10.2 Å². The van der Waals surface area contributed by atoms with Gasteiger partial charge in [-0.15, -0.1) is 0 Å². The van der Waals surface area contributed by atoms with Crippen LogP contribution in [-0.2, 0) is 16.0 Å². The number of nitrogens with one attached hydrogen (secondary N) is 1. The van der Waals surface area contributed by atoms with Crippen molar-refractivity contribution in [1.29, 1.82) is 0 Å². The summed E-state index contributed by atoms with van der Waals surface area (Å²) in [5.41, 5.74) is 0.910. The summed E-state index contributed by atoms with van der Waals surface area (Å²) in [5.74, 6) is 0.0287. The molecule has 0 saturated carbocycles. The van der Waals surface area contributed by atoms with Gasteiger partial charge in [0.1, 0.15) is 6.04 Å². The maximum atomic E-state index is 12.4. The number of carbonyl (C=O) groups is 2. The van der Waals surface area contributed by atoms with Crippen LogP contribution in [0.15, 0.2) is 24.3 Å². The lowest BCUT2D eigenvalue weighted by Crippen LogP contribution is -2.59. The third kappa shape index (κ3) is 3.31. The van der Waals surface area contributed by atoms with E-state index in [-0.39, 0.29) is 23.8 Å². The topological polar surface area (TPSA) is 49.4 Å². The Morgan fingerprint density at radius 2 is 2.05 bits per heavy atom. The number of hydrogen-bond donors (Lipinski definition) is 1. The van der Waals surface area contributed by atoms with E-state index in [2.05, 4.69) is 5.32 Å². The van der Waals surface area contributed by atoms with Crippen LogP contribution in [0.4, 0.5) is 0 Å². The molecule has 1 saturated heterocycles. The molecule has 1 aliphatic rings. The first-order valence-corrected chi connectivity index (χ1v) is 7.18. The monoisotopic (exact) mass is 294 g/mol. The van der Waals surface area contributed by atoms with Gasteiger partial charge >= 0.3 is 0 Å². The van der Waals surface area contributed by atoms with E-state index in [1.807, 2.05) is 26.0 Å². The molecule has 2 rings (SSSR count). The van der Waals surface area contributed by atoms with E-state index >= 15 is 0 Å². The maximum Gasteiger partial charge on any atom is 0.243 e. The fraction of sp³-hybridized carbons (Fsp3) is 0.467. The Balaban J connectivity index is 2.10. The molecule has 5 heteroatoms. The Morgan fingerprint density at radius 1 is 1.40 bits per heavy atom. The number of rotatable bonds is 3. The fourth-order valence-electron chi connectivity index (χ4n) is 2.51. The Labute approximate surface area is 124 Å². The van der Waals surface area contributed by atoms with Crippen LogP contribution in [0.25, 0.3) is 0 Å². The van der Waals surface area contributed by atoms with Crippen molar-refractivity contribution in [3.63, 3.8) is 0 Å². The predicted molar refractivity (Wildman–Crippen MR) is 78.5 cm³/mol. The average Bonchev–Trinajstić information content (AvgIpc) is 2.40. The van der Waals surface area contributed by atoms with E-state index in [1.165, 1.54) is 0 Å². The first-order valence-electron chi connectivity index (χ1n) is 6.80. The van der Waals surface area contributed by atoms with Crippen LogP contribution in [0.1, 0.15) is 19.4 Å². The second-order valence-corrected chi connectivity index (χ2v) is 5.81. The number of hydrogen-bond acceptors (Lipinski definition) is 2. The number of nitrogens with zero attached hydrogens (tertiary/aromatic N) is 1. The van der Waals surface area contributed by atoms with Gasteiger partial charge in [-0.2, -0.15) is 0 Å². The van der Waals surface area contributed by atoms with Gasteiger partial charge in [-0.3, -0.25) is 9.59 Å². The Hall–Kier alpha value is -1.55. The van der Waals surface area contributed by atoms with E-state index in [0.29, 0.717) is 24.5 Å². The summed E-state index contributed by atoms with van der Waals surface area (Å²) in [7, 11) is 0. The van der Waals surface area contributed by atoms with E-state index in [1.54, 1.807) is 17.0 Å². The summed E-state index contributed by atoms with van der Waals surface area (Å²) in [6.45, 7) is 5.01. The molecule has 20 heavy (non-hydrogen) atoms. The standard InChI is InChI=1S/C15H19ClN2O2/c1-10(2)14-15(20)17-7-8-18(14)13(19)9-11-3-5-12(16)6-4-11/h3-6,10,14H,7-9H2,1-2H3,(H,17,20). The molecule has 108 valence electrons. The molecule has 1 atom stereocenters. The second kappa shape index (κ2) is 6.27. The van der Waals surface area contributed by atoms with Gasteiger partial charge in [0.15, 0.2) is 0 Å². The highest BCUT2D eigenvalue weighted by Crippen LogP contribution is 2.17. The Kier molecular flexibility index (Phi) is 4.65. The number of amides is 2. The van der Waals surface area contributed by atoms with Crippen molar-refractivity contribution in [3.05, 3.63) is 34.9 Å². The summed E-state index contributed by atoms with van der Waals surface area (Å²) in [6, 6.07) is 6.85. The summed E-state index contributed by atoms with van der Waals surface area (Å²) in [6.07, 6.45) is 0.299. The number of halogens is 1. The third-order valence-electron chi connectivity index (χ3n) is 3.48. The summed E-state index contributed by atoms with van der Waals surface area (Å²) >= 11 is 5.83. The molecule has 2 amide bonds. The van der Waals surface area contributed by atoms with Crippen molar-refractivity contribution in [3.8, 4) is 0 Å². The highest BCUT2D eigenvalue weighted by atomic mass is 35.5. The Morgan fingerprint density at radius 3 is 2.65 bits per heavy atom. The van der Waals surface area contributed by atoms with E-state index < -0.39 is 0 Å². The van der Waals surface area contributed by atoms with Crippen molar-refractivity contribution in [2.45, 2.75) is 26.3 Å². The van der Waals surface area contributed by atoms with Crippen molar-refractivity contribution < 1.29 is 9.59 Å². The summed E-state index contributed by atoms with van der Waals surface area (Å²) in [5, 5.41) is 3.47. The number of carbonyl (C=O) groups excluding carboxylic acids is 2. The summed E-state index contributed by atoms with van der Waals surface area (Å²) in [4.78, 5) is 26.0. The van der Waals surface area contributed by atoms with Crippen LogP contribution in [-0.4, -0.2) is 35.8 Å². The Bertz CT molecular complexity index is 499. The van der Waals surface area contributed by atoms with E-state index in [0.717, 1.165) is 5.56 Å². The van der Waals surface area contributed by atoms with Gasteiger partial charge in [-0.05, 0) is 23.6 Å². The van der Waals surface area contributed by atoms with Gasteiger partial charge < -0.3 is 10.2 Å². The lowest BCUT2D eigenvalue weighted by atomic mass is 9.98. The third-order valence-corrected chi connectivity index (χ3v) is 3.73. The average molecular weight is 295 g/mol. The number of piperazine rings is 1. The van der Waals surface area contributed by atoms with Crippen LogP contribution < -0.4 is 5.32 Å². The first kappa shape index (κ1) is 14.9. The molecule has 1 aromatic carbocycles. The molecular weight excluding hydrogens is 276 g/mol. The van der Waals surface area contributed by atoms with Gasteiger partial charge in [-0.25, -0.2) is 0 Å². The van der Waals surface area contributed by atoms with Crippen LogP contribution in [0.3, 0.4) is 0 Å². The van der Waals surface area contributed by atoms with Crippen LogP contribution >= 0.6 is 11.6 Å². The normalized spacial score (nSPS) is 19.1. The second-order valence-electron chi connectivity index (χ2n) is 5.37. The van der Waals surface area contributed by atoms with Gasteiger partial charge in [0.2, 0.25) is 11.8 Å². The minimum Gasteiger partial charge on any atom is -0.353 e. The lowest BCUT2D eigenvalue weighted by molar-refractivity contribution is -0.144. The molecule has 0 spiro atoms. The van der Waals surface area contributed by atoms with Gasteiger partial charge in [0.05, 0.1) is 6.42 Å². The van der Waals surface area contributed by atoms with E-state index in [4.69, 9.17) is 11.6 Å². The zero-order valence-corrected chi connectivity index (χ0v) is 12.5. The summed E-state index contributed by atoms with van der Waals surface area (Å²) < 4.78 is 0. The number of benzene rings is 1. The highest BCUT2D eigenvalue weighted by Gasteiger charge is 2.34. The molecule has 1 fully saturated rings. The lowest BCUT2D eigenvalue weighted by Gasteiger charge is -2.37. The van der Waals surface area contributed by atoms with Crippen LogP contribution in [0, 0.1) is 5.92 Å². The molecule has 4 nitrogen and oxygen atoms in total. The van der Waals surface area contributed by atoms with Crippen molar-refractivity contribution >= 4 is 23.4 Å². The van der Waals surface area contributed by atoms with Gasteiger partial charge in [-0.1, -0.05) is 37.6 Å². The molecule has 1 N–H and O–H groups in total. The van der Waals surface area contributed by atoms with E-state index in [9.17, 15) is 9.59 Å². The molecule has 0 aliphatic carbocycles. The molecule has 0 radical (unpaired) electrons. The molecular formula is C15H19ClN2O2. The predicted octanol–water partition coefficient (Wildman–Crippen LogP) is 1.87. The molecule has 1 heterocycles. The zero-order valence-electron chi connectivity index (χ0n) is 11.7. The molecule has 1 aliphatic heterocycles. The smallest absolute Gasteiger partial charge is 0.243 e. The molecule has 1 unspecified atom stereocenters. The minimum absolute atomic E-state index is 0.0131. The quantitative estimate of drug-likeness (QED) is 0.925. The zero-order chi connectivity index (χ0) is 14.7. The van der Waals surface area contributed by atoms with Crippen LogP contribution in [0.5, 0.6) is 0 Å². The van der Waals surface area contributed by atoms with Crippen LogP contribution in [0.2, 0.25) is 5.02 Å². The van der Waals surface area contributed by atoms with Gasteiger partial charge in [0, 0.05) is 18.1 Å². The largest absolute Gasteiger partial charge is 0.353 e. The highest BCUT2D eigenvalue weighted by molar-refractivity contribution is 6.30. The maximum absolute atomic E-state index is 12.4. The molecule has 1 aromatic rings. The van der Waals surface area contributed by atoms with Crippen molar-refractivity contribution in [2.24, 2.45) is 5.92 Å².